The molecular weight excluding hydrogens is 471 g/mol. The summed E-state index contributed by atoms with van der Waals surface area (Å²) in [5.41, 5.74) is 0.964. The van der Waals surface area contributed by atoms with Crippen molar-refractivity contribution in [3.8, 4) is 11.3 Å². The average molecular weight is 490 g/mol. The fraction of sp³-hybridized carbons (Fsp3) is 0.292. The van der Waals surface area contributed by atoms with Gasteiger partial charge in [-0.15, -0.1) is 0 Å². The minimum absolute atomic E-state index is 0.0168. The number of para-hydroxylation sites is 2. The van der Waals surface area contributed by atoms with Gasteiger partial charge < -0.3 is 14.0 Å². The molecule has 35 heavy (non-hydrogen) atoms. The van der Waals surface area contributed by atoms with Gasteiger partial charge in [0.1, 0.15) is 0 Å². The van der Waals surface area contributed by atoms with Crippen LogP contribution in [0.25, 0.3) is 22.4 Å². The summed E-state index contributed by atoms with van der Waals surface area (Å²) in [7, 11) is 0. The SMILES string of the molecule is O=C(c1cc(-c2ccc(F)c(F)c2)on1)N1CCC(Cn2c(C(F)(F)F)nc3ccccc32)CC1. The van der Waals surface area contributed by atoms with Gasteiger partial charge in [-0.25, -0.2) is 13.8 Å². The zero-order valence-electron chi connectivity index (χ0n) is 18.2. The highest BCUT2D eigenvalue weighted by Gasteiger charge is 2.38. The normalized spacial score (nSPS) is 15.2. The van der Waals surface area contributed by atoms with E-state index >= 15 is 0 Å². The van der Waals surface area contributed by atoms with Crippen molar-refractivity contribution >= 4 is 16.9 Å². The molecule has 0 atom stereocenters. The highest BCUT2D eigenvalue weighted by Crippen LogP contribution is 2.33. The van der Waals surface area contributed by atoms with E-state index in [1.165, 1.54) is 16.7 Å². The molecule has 6 nitrogen and oxygen atoms in total. The number of carbonyl (C=O) groups is 1. The van der Waals surface area contributed by atoms with E-state index in [0.717, 1.165) is 12.1 Å². The molecule has 5 rings (SSSR count). The third kappa shape index (κ3) is 4.50. The molecule has 0 saturated carbocycles. The lowest BCUT2D eigenvalue weighted by atomic mass is 9.96. The first-order chi connectivity index (χ1) is 16.7. The lowest BCUT2D eigenvalue weighted by molar-refractivity contribution is -0.147. The second kappa shape index (κ2) is 8.79. The van der Waals surface area contributed by atoms with Crippen LogP contribution in [0.5, 0.6) is 0 Å². The smallest absolute Gasteiger partial charge is 0.355 e. The molecule has 0 aliphatic carbocycles. The van der Waals surface area contributed by atoms with Gasteiger partial charge in [0.15, 0.2) is 23.1 Å². The van der Waals surface area contributed by atoms with E-state index in [1.807, 2.05) is 0 Å². The molecule has 2 aromatic carbocycles. The summed E-state index contributed by atoms with van der Waals surface area (Å²) in [5, 5.41) is 3.75. The number of fused-ring (bicyclic) bond motifs is 1. The molecule has 4 aromatic rings. The standard InChI is InChI=1S/C24H19F5N4O2/c25-16-6-5-15(11-17(16)26)21-12-19(31-35-21)22(34)32-9-7-14(8-10-32)13-33-20-4-2-1-3-18(20)30-23(33)24(27,28)29/h1-6,11-12,14H,7-10,13H2. The average Bonchev–Trinajstić information content (AvgIpc) is 3.47. The maximum atomic E-state index is 13.6. The Morgan fingerprint density at radius 1 is 1.03 bits per heavy atom. The Labute approximate surface area is 195 Å². The number of aromatic nitrogens is 3. The number of piperidine rings is 1. The number of rotatable bonds is 4. The van der Waals surface area contributed by atoms with Crippen LogP contribution in [0, 0.1) is 17.6 Å². The molecule has 0 bridgehead atoms. The molecule has 1 amide bonds. The molecule has 1 saturated heterocycles. The van der Waals surface area contributed by atoms with Crippen LogP contribution in [-0.2, 0) is 12.7 Å². The minimum atomic E-state index is -4.58. The topological polar surface area (TPSA) is 64.2 Å². The minimum Gasteiger partial charge on any atom is -0.355 e. The third-order valence-corrected chi connectivity index (χ3v) is 6.18. The molecule has 11 heteroatoms. The van der Waals surface area contributed by atoms with Crippen molar-refractivity contribution in [2.75, 3.05) is 13.1 Å². The van der Waals surface area contributed by atoms with Gasteiger partial charge in [-0.1, -0.05) is 17.3 Å². The predicted octanol–water partition coefficient (Wildman–Crippen LogP) is 5.54. The van der Waals surface area contributed by atoms with Crippen LogP contribution < -0.4 is 0 Å². The summed E-state index contributed by atoms with van der Waals surface area (Å²) in [6.07, 6.45) is -3.57. The van der Waals surface area contributed by atoms with Crippen molar-refractivity contribution in [3.63, 3.8) is 0 Å². The number of hydrogen-bond acceptors (Lipinski definition) is 4. The van der Waals surface area contributed by atoms with E-state index in [2.05, 4.69) is 10.1 Å². The van der Waals surface area contributed by atoms with Crippen LogP contribution in [0.2, 0.25) is 0 Å². The molecule has 1 fully saturated rings. The maximum Gasteiger partial charge on any atom is 0.449 e. The predicted molar refractivity (Wildman–Crippen MR) is 115 cm³/mol. The number of alkyl halides is 3. The first kappa shape index (κ1) is 23.0. The van der Waals surface area contributed by atoms with Crippen LogP contribution in [-0.4, -0.2) is 38.6 Å². The van der Waals surface area contributed by atoms with Crippen molar-refractivity contribution in [2.24, 2.45) is 5.92 Å². The van der Waals surface area contributed by atoms with E-state index in [9.17, 15) is 26.7 Å². The van der Waals surface area contributed by atoms with Gasteiger partial charge in [-0.2, -0.15) is 13.2 Å². The first-order valence-electron chi connectivity index (χ1n) is 10.9. The number of imidazole rings is 1. The van der Waals surface area contributed by atoms with Crippen molar-refractivity contribution in [1.29, 1.82) is 0 Å². The molecule has 3 heterocycles. The molecule has 2 aromatic heterocycles. The largest absolute Gasteiger partial charge is 0.449 e. The monoisotopic (exact) mass is 490 g/mol. The molecular formula is C24H19F5N4O2. The van der Waals surface area contributed by atoms with Gasteiger partial charge in [0.25, 0.3) is 5.91 Å². The van der Waals surface area contributed by atoms with E-state index in [-0.39, 0.29) is 35.0 Å². The molecule has 1 aliphatic heterocycles. The molecule has 182 valence electrons. The number of benzene rings is 2. The number of carbonyl (C=O) groups excluding carboxylic acids is 1. The van der Waals surface area contributed by atoms with Crippen LogP contribution in [0.4, 0.5) is 22.0 Å². The van der Waals surface area contributed by atoms with Gasteiger partial charge in [0, 0.05) is 31.3 Å². The Morgan fingerprint density at radius 3 is 2.49 bits per heavy atom. The summed E-state index contributed by atoms with van der Waals surface area (Å²) in [5.74, 6) is -3.33. The zero-order valence-corrected chi connectivity index (χ0v) is 18.2. The third-order valence-electron chi connectivity index (χ3n) is 6.18. The summed E-state index contributed by atoms with van der Waals surface area (Å²) >= 11 is 0. The molecule has 0 N–H and O–H groups in total. The lowest BCUT2D eigenvalue weighted by Gasteiger charge is -2.32. The van der Waals surface area contributed by atoms with Crippen LogP contribution in [0.15, 0.2) is 53.1 Å². The van der Waals surface area contributed by atoms with Crippen LogP contribution in [0.3, 0.4) is 0 Å². The first-order valence-corrected chi connectivity index (χ1v) is 10.9. The van der Waals surface area contributed by atoms with Crippen molar-refractivity contribution in [1.82, 2.24) is 19.6 Å². The van der Waals surface area contributed by atoms with Gasteiger partial charge in [0.05, 0.1) is 11.0 Å². The van der Waals surface area contributed by atoms with E-state index < -0.39 is 29.5 Å². The van der Waals surface area contributed by atoms with E-state index in [0.29, 0.717) is 31.4 Å². The number of likely N-dealkylation sites (tertiary alicyclic amines) is 1. The fourth-order valence-electron chi connectivity index (χ4n) is 4.38. The number of hydrogen-bond donors (Lipinski definition) is 0. The lowest BCUT2D eigenvalue weighted by Crippen LogP contribution is -2.39. The summed E-state index contributed by atoms with van der Waals surface area (Å²) in [6.45, 7) is 0.817. The van der Waals surface area contributed by atoms with E-state index in [4.69, 9.17) is 4.52 Å². The Bertz CT molecular complexity index is 1390. The van der Waals surface area contributed by atoms with Gasteiger partial charge >= 0.3 is 6.18 Å². The van der Waals surface area contributed by atoms with Gasteiger partial charge in [0.2, 0.25) is 5.82 Å². The van der Waals surface area contributed by atoms with Gasteiger partial charge in [-0.3, -0.25) is 4.79 Å². The second-order valence-corrected chi connectivity index (χ2v) is 8.47. The molecule has 1 aliphatic rings. The summed E-state index contributed by atoms with van der Waals surface area (Å²) in [6, 6.07) is 11.1. The quantitative estimate of drug-likeness (QED) is 0.353. The van der Waals surface area contributed by atoms with Crippen molar-refractivity contribution in [3.05, 3.63) is 71.7 Å². The molecule has 0 radical (unpaired) electrons. The summed E-state index contributed by atoms with van der Waals surface area (Å²) in [4.78, 5) is 18.2. The zero-order chi connectivity index (χ0) is 24.7. The van der Waals surface area contributed by atoms with Crippen molar-refractivity contribution in [2.45, 2.75) is 25.6 Å². The number of nitrogens with zero attached hydrogens (tertiary/aromatic N) is 4. The molecule has 0 unspecified atom stereocenters. The van der Waals surface area contributed by atoms with Crippen molar-refractivity contribution < 1.29 is 31.3 Å². The maximum absolute atomic E-state index is 13.6. The Kier molecular flexibility index (Phi) is 5.78. The highest BCUT2D eigenvalue weighted by atomic mass is 19.4. The van der Waals surface area contributed by atoms with E-state index in [1.54, 1.807) is 29.2 Å². The fourth-order valence-corrected chi connectivity index (χ4v) is 4.38. The number of halogens is 5. The summed E-state index contributed by atoms with van der Waals surface area (Å²) < 4.78 is 73.7. The number of amides is 1. The Morgan fingerprint density at radius 2 is 1.77 bits per heavy atom. The van der Waals surface area contributed by atoms with Crippen LogP contribution >= 0.6 is 0 Å². The second-order valence-electron chi connectivity index (χ2n) is 8.47. The van der Waals surface area contributed by atoms with Crippen LogP contribution in [0.1, 0.15) is 29.2 Å². The highest BCUT2D eigenvalue weighted by molar-refractivity contribution is 5.93. The molecule has 0 spiro atoms. The Balaban J connectivity index is 1.26. The van der Waals surface area contributed by atoms with Gasteiger partial charge in [-0.05, 0) is 49.1 Å². The Hall–Kier alpha value is -3.76.